The highest BCUT2D eigenvalue weighted by molar-refractivity contribution is 6.18. The van der Waals surface area contributed by atoms with E-state index in [4.69, 9.17) is 11.6 Å². The van der Waals surface area contributed by atoms with Crippen LogP contribution in [0.5, 0.6) is 0 Å². The Morgan fingerprint density at radius 3 is 2.65 bits per heavy atom. The molecule has 0 N–H and O–H groups in total. The number of nitrogens with zero attached hydrogens (tertiary/aromatic N) is 1. The summed E-state index contributed by atoms with van der Waals surface area (Å²) >= 11 is 6.25. The second-order valence-electron chi connectivity index (χ2n) is 6.30. The first-order valence-electron chi connectivity index (χ1n) is 7.84. The van der Waals surface area contributed by atoms with Crippen LogP contribution < -0.4 is 0 Å². The molecule has 0 amide bonds. The smallest absolute Gasteiger partial charge is 0.0267 e. The zero-order valence-electron chi connectivity index (χ0n) is 12.0. The topological polar surface area (TPSA) is 3.24 Å². The van der Waals surface area contributed by atoms with Crippen molar-refractivity contribution >= 4 is 11.6 Å². The predicted octanol–water partition coefficient (Wildman–Crippen LogP) is 4.33. The molecule has 2 aliphatic rings. The lowest BCUT2D eigenvalue weighted by Gasteiger charge is -2.28. The molecule has 0 aromatic heterocycles. The minimum atomic E-state index is 0.678. The van der Waals surface area contributed by atoms with Gasteiger partial charge in [0.15, 0.2) is 0 Å². The maximum absolute atomic E-state index is 6.25. The molecule has 1 unspecified atom stereocenters. The molecule has 1 aromatic rings. The average molecular weight is 290 g/mol. The molecule has 1 aromatic carbocycles. The van der Waals surface area contributed by atoms with E-state index in [0.29, 0.717) is 5.92 Å². The number of halogens is 1. The molecule has 2 heteroatoms. The standard InChI is InChI=1S/C18H24ClN/c19-11-17-13-20(12-15-7-3-1-4-8-15)14-18(17)16-9-5-2-6-10-16/h1-5,7-8,16-18H,6,9-14H2/t16?,17-,18-/m0/s1. The van der Waals surface area contributed by atoms with E-state index in [1.807, 2.05) is 0 Å². The second-order valence-corrected chi connectivity index (χ2v) is 6.61. The molecule has 3 atom stereocenters. The third-order valence-electron chi connectivity index (χ3n) is 4.93. The maximum Gasteiger partial charge on any atom is 0.0267 e. The van der Waals surface area contributed by atoms with Gasteiger partial charge in [-0.2, -0.15) is 0 Å². The van der Waals surface area contributed by atoms with E-state index in [1.54, 1.807) is 0 Å². The summed E-state index contributed by atoms with van der Waals surface area (Å²) in [6.07, 6.45) is 8.59. The summed E-state index contributed by atoms with van der Waals surface area (Å²) in [5.41, 5.74) is 1.42. The van der Waals surface area contributed by atoms with Crippen LogP contribution in [0.25, 0.3) is 0 Å². The summed E-state index contributed by atoms with van der Waals surface area (Å²) in [6, 6.07) is 10.8. The van der Waals surface area contributed by atoms with E-state index in [9.17, 15) is 0 Å². The van der Waals surface area contributed by atoms with Gasteiger partial charge >= 0.3 is 0 Å². The van der Waals surface area contributed by atoms with Gasteiger partial charge < -0.3 is 0 Å². The zero-order valence-corrected chi connectivity index (χ0v) is 12.8. The molecule has 1 saturated heterocycles. The van der Waals surface area contributed by atoms with Gasteiger partial charge in [0, 0.05) is 25.5 Å². The van der Waals surface area contributed by atoms with Gasteiger partial charge in [0.05, 0.1) is 0 Å². The van der Waals surface area contributed by atoms with Crippen molar-refractivity contribution in [2.45, 2.75) is 25.8 Å². The number of rotatable bonds is 4. The van der Waals surface area contributed by atoms with Crippen molar-refractivity contribution in [3.63, 3.8) is 0 Å². The third kappa shape index (κ3) is 3.27. The Labute approximate surface area is 127 Å². The van der Waals surface area contributed by atoms with Crippen LogP contribution >= 0.6 is 11.6 Å². The van der Waals surface area contributed by atoms with Gasteiger partial charge in [-0.1, -0.05) is 42.5 Å². The number of alkyl halides is 1. The van der Waals surface area contributed by atoms with E-state index in [1.165, 1.54) is 37.9 Å². The fraction of sp³-hybridized carbons (Fsp3) is 0.556. The second kappa shape index (κ2) is 6.78. The number of benzene rings is 1. The van der Waals surface area contributed by atoms with Crippen LogP contribution in [0, 0.1) is 17.8 Å². The molecule has 0 radical (unpaired) electrons. The normalized spacial score (nSPS) is 30.8. The van der Waals surface area contributed by atoms with Crippen LogP contribution in [-0.4, -0.2) is 23.9 Å². The number of hydrogen-bond acceptors (Lipinski definition) is 1. The fourth-order valence-corrected chi connectivity index (χ4v) is 4.19. The highest BCUT2D eigenvalue weighted by Gasteiger charge is 2.36. The van der Waals surface area contributed by atoms with Crippen LogP contribution in [0.2, 0.25) is 0 Å². The van der Waals surface area contributed by atoms with Gasteiger partial charge in [0.1, 0.15) is 0 Å². The lowest BCUT2D eigenvalue weighted by Crippen LogP contribution is -2.25. The van der Waals surface area contributed by atoms with E-state index in [2.05, 4.69) is 47.4 Å². The highest BCUT2D eigenvalue weighted by atomic mass is 35.5. The highest BCUT2D eigenvalue weighted by Crippen LogP contribution is 2.37. The van der Waals surface area contributed by atoms with Crippen molar-refractivity contribution in [2.75, 3.05) is 19.0 Å². The molecule has 1 heterocycles. The van der Waals surface area contributed by atoms with E-state index >= 15 is 0 Å². The summed E-state index contributed by atoms with van der Waals surface area (Å²) in [5.74, 6) is 3.14. The van der Waals surface area contributed by atoms with E-state index in [0.717, 1.165) is 24.3 Å². The summed E-state index contributed by atoms with van der Waals surface area (Å²) in [5, 5.41) is 0. The first kappa shape index (κ1) is 14.2. The van der Waals surface area contributed by atoms with Gasteiger partial charge in [0.2, 0.25) is 0 Å². The quantitative estimate of drug-likeness (QED) is 0.589. The first-order chi connectivity index (χ1) is 9.86. The molecule has 1 aliphatic heterocycles. The molecule has 1 nitrogen and oxygen atoms in total. The Bertz CT molecular complexity index is 442. The minimum absolute atomic E-state index is 0.678. The van der Waals surface area contributed by atoms with Crippen molar-refractivity contribution in [1.82, 2.24) is 4.90 Å². The van der Waals surface area contributed by atoms with E-state index < -0.39 is 0 Å². The summed E-state index contributed by atoms with van der Waals surface area (Å²) < 4.78 is 0. The van der Waals surface area contributed by atoms with Crippen LogP contribution in [0.15, 0.2) is 42.5 Å². The van der Waals surface area contributed by atoms with Crippen LogP contribution in [0.1, 0.15) is 24.8 Å². The van der Waals surface area contributed by atoms with Gasteiger partial charge in [-0.15, -0.1) is 11.6 Å². The van der Waals surface area contributed by atoms with Gasteiger partial charge in [0.25, 0.3) is 0 Å². The molecular formula is C18H24ClN. The molecule has 0 saturated carbocycles. The zero-order chi connectivity index (χ0) is 13.8. The number of likely N-dealkylation sites (tertiary alicyclic amines) is 1. The Morgan fingerprint density at radius 1 is 1.10 bits per heavy atom. The number of hydrogen-bond donors (Lipinski definition) is 0. The van der Waals surface area contributed by atoms with Crippen molar-refractivity contribution in [1.29, 1.82) is 0 Å². The molecule has 20 heavy (non-hydrogen) atoms. The minimum Gasteiger partial charge on any atom is -0.298 e. The lowest BCUT2D eigenvalue weighted by atomic mass is 9.78. The molecule has 108 valence electrons. The van der Waals surface area contributed by atoms with Crippen molar-refractivity contribution in [2.24, 2.45) is 17.8 Å². The van der Waals surface area contributed by atoms with Crippen molar-refractivity contribution in [3.05, 3.63) is 48.0 Å². The Balaban J connectivity index is 1.63. The van der Waals surface area contributed by atoms with Gasteiger partial charge in [-0.05, 0) is 42.6 Å². The van der Waals surface area contributed by atoms with Gasteiger partial charge in [-0.25, -0.2) is 0 Å². The Hall–Kier alpha value is -0.790. The number of allylic oxidation sites excluding steroid dienone is 2. The molecule has 1 fully saturated rings. The van der Waals surface area contributed by atoms with E-state index in [-0.39, 0.29) is 0 Å². The Morgan fingerprint density at radius 2 is 1.95 bits per heavy atom. The maximum atomic E-state index is 6.25. The molecule has 3 rings (SSSR count). The SMILES string of the molecule is ClC[C@H]1CN(Cc2ccccc2)C[C@H]1C1CC=CCC1. The largest absolute Gasteiger partial charge is 0.298 e. The molecular weight excluding hydrogens is 266 g/mol. The van der Waals surface area contributed by atoms with Gasteiger partial charge in [-0.3, -0.25) is 4.90 Å². The molecule has 1 aliphatic carbocycles. The average Bonchev–Trinajstić information content (AvgIpc) is 2.92. The molecule has 0 spiro atoms. The lowest BCUT2D eigenvalue weighted by molar-refractivity contribution is 0.258. The van der Waals surface area contributed by atoms with Crippen molar-refractivity contribution < 1.29 is 0 Å². The summed E-state index contributed by atoms with van der Waals surface area (Å²) in [7, 11) is 0. The predicted molar refractivity (Wildman–Crippen MR) is 85.9 cm³/mol. The summed E-state index contributed by atoms with van der Waals surface area (Å²) in [4.78, 5) is 2.60. The fourth-order valence-electron chi connectivity index (χ4n) is 3.86. The third-order valence-corrected chi connectivity index (χ3v) is 5.33. The van der Waals surface area contributed by atoms with Crippen LogP contribution in [0.3, 0.4) is 0 Å². The Kier molecular flexibility index (Phi) is 4.80. The van der Waals surface area contributed by atoms with Crippen LogP contribution in [-0.2, 0) is 6.54 Å². The monoisotopic (exact) mass is 289 g/mol. The van der Waals surface area contributed by atoms with Crippen LogP contribution in [0.4, 0.5) is 0 Å². The summed E-state index contributed by atoms with van der Waals surface area (Å²) in [6.45, 7) is 3.47. The van der Waals surface area contributed by atoms with Crippen molar-refractivity contribution in [3.8, 4) is 0 Å². The first-order valence-corrected chi connectivity index (χ1v) is 8.37. The molecule has 0 bridgehead atoms.